The standard InChI is InChI=1S/C9H11NO3S.C6H4N2O4/c1-2-9(8(12)13)4-10-6(11)3-7(10)14-5-9;9-7(10)5-2-1-3-6(4-5)8(11)12/h2,7H,1,3-5H2,(H,12,13);1-4H/t7-,9?;/m1./s1. The summed E-state index contributed by atoms with van der Waals surface area (Å²) in [7, 11) is 0. The third kappa shape index (κ3) is 3.82. The molecule has 11 heteroatoms. The third-order valence-corrected chi connectivity index (χ3v) is 5.56. The van der Waals surface area contributed by atoms with E-state index >= 15 is 0 Å². The molecule has 2 aliphatic rings. The van der Waals surface area contributed by atoms with Gasteiger partial charge in [-0.15, -0.1) is 18.3 Å². The van der Waals surface area contributed by atoms with Gasteiger partial charge in [0.15, 0.2) is 0 Å². The maximum atomic E-state index is 11.2. The van der Waals surface area contributed by atoms with Crippen molar-refractivity contribution in [3.05, 3.63) is 57.1 Å². The summed E-state index contributed by atoms with van der Waals surface area (Å²) in [5, 5.41) is 29.6. The number of non-ortho nitro benzene ring substituents is 2. The molecule has 26 heavy (non-hydrogen) atoms. The summed E-state index contributed by atoms with van der Waals surface area (Å²) in [5.74, 6) is -0.326. The van der Waals surface area contributed by atoms with Crippen molar-refractivity contribution in [1.29, 1.82) is 0 Å². The molecule has 10 nitrogen and oxygen atoms in total. The lowest BCUT2D eigenvalue weighted by Gasteiger charge is -2.48. The van der Waals surface area contributed by atoms with E-state index in [9.17, 15) is 29.8 Å². The van der Waals surface area contributed by atoms with Gasteiger partial charge in [-0.1, -0.05) is 6.08 Å². The summed E-state index contributed by atoms with van der Waals surface area (Å²) in [6, 6.07) is 4.59. The van der Waals surface area contributed by atoms with Crippen LogP contribution in [0.5, 0.6) is 0 Å². The van der Waals surface area contributed by atoms with Gasteiger partial charge in [-0.25, -0.2) is 0 Å². The van der Waals surface area contributed by atoms with Crippen LogP contribution in [0.3, 0.4) is 0 Å². The van der Waals surface area contributed by atoms with Gasteiger partial charge < -0.3 is 10.0 Å². The van der Waals surface area contributed by atoms with Gasteiger partial charge in [0.05, 0.1) is 27.7 Å². The maximum absolute atomic E-state index is 11.2. The van der Waals surface area contributed by atoms with Crippen LogP contribution >= 0.6 is 11.8 Å². The Labute approximate surface area is 151 Å². The topological polar surface area (TPSA) is 144 Å². The number of carbonyl (C=O) groups excluding carboxylic acids is 1. The number of aliphatic carboxylic acids is 1. The molecule has 2 atom stereocenters. The van der Waals surface area contributed by atoms with E-state index in [-0.39, 0.29) is 29.2 Å². The molecule has 3 rings (SSSR count). The fourth-order valence-electron chi connectivity index (χ4n) is 2.42. The number of nitro groups is 2. The third-order valence-electron chi connectivity index (χ3n) is 4.07. The first-order valence-corrected chi connectivity index (χ1v) is 8.42. The van der Waals surface area contributed by atoms with Crippen molar-refractivity contribution in [2.24, 2.45) is 5.41 Å². The molecule has 0 radical (unpaired) electrons. The number of carbonyl (C=O) groups is 2. The summed E-state index contributed by atoms with van der Waals surface area (Å²) in [6.07, 6.45) is 2.00. The first-order chi connectivity index (χ1) is 12.2. The van der Waals surface area contributed by atoms with E-state index in [1.807, 2.05) is 0 Å². The van der Waals surface area contributed by atoms with Gasteiger partial charge in [0.1, 0.15) is 5.41 Å². The van der Waals surface area contributed by atoms with Crippen molar-refractivity contribution in [3.8, 4) is 0 Å². The number of benzene rings is 1. The second-order valence-corrected chi connectivity index (χ2v) is 6.86. The Kier molecular flexibility index (Phi) is 5.60. The number of amides is 1. The maximum Gasteiger partial charge on any atom is 0.316 e. The van der Waals surface area contributed by atoms with Crippen molar-refractivity contribution >= 4 is 35.0 Å². The minimum Gasteiger partial charge on any atom is -0.481 e. The van der Waals surface area contributed by atoms with Crippen LogP contribution in [0.15, 0.2) is 36.9 Å². The Bertz CT molecular complexity index is 755. The zero-order valence-electron chi connectivity index (χ0n) is 13.4. The molecular weight excluding hydrogens is 366 g/mol. The average Bonchev–Trinajstić information content (AvgIpc) is 2.61. The molecule has 2 aliphatic heterocycles. The zero-order valence-corrected chi connectivity index (χ0v) is 14.3. The Morgan fingerprint density at radius 1 is 1.35 bits per heavy atom. The Hall–Kier alpha value is -2.95. The number of nitro benzene ring substituents is 2. The molecule has 1 aromatic rings. The highest BCUT2D eigenvalue weighted by Crippen LogP contribution is 2.42. The minimum absolute atomic E-state index is 0.0506. The zero-order chi connectivity index (χ0) is 19.5. The van der Waals surface area contributed by atoms with Crippen molar-refractivity contribution in [2.45, 2.75) is 11.8 Å². The number of carboxylic acid groups (broad SMARTS) is 1. The lowest BCUT2D eigenvalue weighted by molar-refractivity contribution is -0.394. The molecule has 2 fully saturated rings. The molecular formula is C15H15N3O7S. The number of rotatable bonds is 4. The number of β-lactam (4-membered cyclic amide) rings is 1. The van der Waals surface area contributed by atoms with E-state index in [4.69, 9.17) is 5.11 Å². The van der Waals surface area contributed by atoms with E-state index in [1.165, 1.54) is 36.0 Å². The van der Waals surface area contributed by atoms with E-state index < -0.39 is 21.2 Å². The summed E-state index contributed by atoms with van der Waals surface area (Å²) in [6.45, 7) is 3.83. The van der Waals surface area contributed by atoms with Gasteiger partial charge in [0.25, 0.3) is 11.4 Å². The largest absolute Gasteiger partial charge is 0.481 e. The van der Waals surface area contributed by atoms with Crippen LogP contribution in [0.25, 0.3) is 0 Å². The Balaban J connectivity index is 0.000000190. The van der Waals surface area contributed by atoms with Crippen LogP contribution in [0.4, 0.5) is 11.4 Å². The summed E-state index contributed by atoms with van der Waals surface area (Å²) in [5.41, 5.74) is -1.49. The number of fused-ring (bicyclic) bond motifs is 1. The molecule has 1 amide bonds. The molecule has 1 unspecified atom stereocenters. The highest BCUT2D eigenvalue weighted by molar-refractivity contribution is 8.00. The second kappa shape index (κ2) is 7.52. The van der Waals surface area contributed by atoms with E-state index in [2.05, 4.69) is 6.58 Å². The van der Waals surface area contributed by atoms with Crippen LogP contribution in [-0.4, -0.2) is 49.4 Å². The summed E-state index contributed by atoms with van der Waals surface area (Å²) < 4.78 is 0. The fourth-order valence-corrected chi connectivity index (χ4v) is 3.87. The molecule has 0 aliphatic carbocycles. The van der Waals surface area contributed by atoms with Crippen LogP contribution in [0.1, 0.15) is 6.42 Å². The quantitative estimate of drug-likeness (QED) is 0.361. The Morgan fingerprint density at radius 2 is 1.92 bits per heavy atom. The summed E-state index contributed by atoms with van der Waals surface area (Å²) >= 11 is 1.53. The minimum atomic E-state index is -0.947. The van der Waals surface area contributed by atoms with Gasteiger partial charge in [-0.3, -0.25) is 29.8 Å². The average molecular weight is 381 g/mol. The number of thioether (sulfide) groups is 1. The van der Waals surface area contributed by atoms with Gasteiger partial charge in [-0.2, -0.15) is 0 Å². The van der Waals surface area contributed by atoms with Gasteiger partial charge in [-0.05, 0) is 6.07 Å². The first-order valence-electron chi connectivity index (χ1n) is 7.37. The van der Waals surface area contributed by atoms with E-state index in [0.717, 1.165) is 6.07 Å². The smallest absolute Gasteiger partial charge is 0.316 e. The first kappa shape index (κ1) is 19.4. The molecule has 0 bridgehead atoms. The number of nitrogens with zero attached hydrogens (tertiary/aromatic N) is 3. The lowest BCUT2D eigenvalue weighted by atomic mass is 9.88. The van der Waals surface area contributed by atoms with Crippen molar-refractivity contribution < 1.29 is 24.5 Å². The van der Waals surface area contributed by atoms with Gasteiger partial charge in [0.2, 0.25) is 5.91 Å². The molecule has 0 spiro atoms. The molecule has 138 valence electrons. The van der Waals surface area contributed by atoms with Crippen LogP contribution in [-0.2, 0) is 9.59 Å². The predicted octanol–water partition coefficient (Wildman–Crippen LogP) is 2.05. The van der Waals surface area contributed by atoms with Gasteiger partial charge >= 0.3 is 5.97 Å². The SMILES string of the molecule is C=CC1(C(=O)O)CS[C@@H]2CC(=O)N2C1.O=[N+]([O-])c1cccc([N+](=O)[O-])c1. The van der Waals surface area contributed by atoms with Crippen molar-refractivity contribution in [3.63, 3.8) is 0 Å². The normalized spacial score (nSPS) is 23.6. The van der Waals surface area contributed by atoms with E-state index in [0.29, 0.717) is 12.2 Å². The van der Waals surface area contributed by atoms with E-state index in [1.54, 1.807) is 4.90 Å². The molecule has 2 heterocycles. The molecule has 1 aromatic carbocycles. The second-order valence-electron chi connectivity index (χ2n) is 5.69. The van der Waals surface area contributed by atoms with Crippen LogP contribution < -0.4 is 0 Å². The monoisotopic (exact) mass is 381 g/mol. The summed E-state index contributed by atoms with van der Waals surface area (Å²) in [4.78, 5) is 42.8. The molecule has 0 aromatic heterocycles. The van der Waals surface area contributed by atoms with Crippen molar-refractivity contribution in [2.75, 3.05) is 12.3 Å². The molecule has 2 saturated heterocycles. The Morgan fingerprint density at radius 3 is 2.35 bits per heavy atom. The number of hydrogen-bond donors (Lipinski definition) is 1. The molecule has 1 N–H and O–H groups in total. The number of hydrogen-bond acceptors (Lipinski definition) is 7. The molecule has 0 saturated carbocycles. The van der Waals surface area contributed by atoms with Gasteiger partial charge in [0, 0.05) is 24.4 Å². The number of carboxylic acids is 1. The lowest BCUT2D eigenvalue weighted by Crippen LogP contribution is -2.60. The highest BCUT2D eigenvalue weighted by Gasteiger charge is 2.50. The van der Waals surface area contributed by atoms with Crippen LogP contribution in [0.2, 0.25) is 0 Å². The van der Waals surface area contributed by atoms with Crippen LogP contribution in [0, 0.1) is 25.6 Å². The fraction of sp³-hybridized carbons (Fsp3) is 0.333. The van der Waals surface area contributed by atoms with Crippen molar-refractivity contribution in [1.82, 2.24) is 4.90 Å². The highest BCUT2D eigenvalue weighted by atomic mass is 32.2. The predicted molar refractivity (Wildman–Crippen MR) is 92.6 cm³/mol.